The van der Waals surface area contributed by atoms with Crippen molar-refractivity contribution in [3.8, 4) is 0 Å². The molecule has 1 heterocycles. The van der Waals surface area contributed by atoms with E-state index in [9.17, 15) is 0 Å². The van der Waals surface area contributed by atoms with Crippen LogP contribution in [0.3, 0.4) is 0 Å². The van der Waals surface area contributed by atoms with Gasteiger partial charge in [-0.3, -0.25) is 0 Å². The summed E-state index contributed by atoms with van der Waals surface area (Å²) in [6.07, 6.45) is 3.21. The molecule has 0 unspecified atom stereocenters. The zero-order valence-electron chi connectivity index (χ0n) is 5.81. The van der Waals surface area contributed by atoms with Crippen LogP contribution >= 0.6 is 0 Å². The maximum absolute atomic E-state index is 5.22. The zero-order chi connectivity index (χ0) is 6.69. The average Bonchev–Trinajstić information content (AvgIpc) is 1.88. The van der Waals surface area contributed by atoms with Gasteiger partial charge < -0.3 is 4.74 Å². The molecule has 0 saturated carbocycles. The van der Waals surface area contributed by atoms with Gasteiger partial charge in [-0.2, -0.15) is 0 Å². The van der Waals surface area contributed by atoms with Gasteiger partial charge in [-0.1, -0.05) is 19.6 Å². The third-order valence-electron chi connectivity index (χ3n) is 1.44. The fourth-order valence-corrected chi connectivity index (χ4v) is 0.889. The lowest BCUT2D eigenvalue weighted by Crippen LogP contribution is -2.06. The van der Waals surface area contributed by atoms with Crippen molar-refractivity contribution in [2.24, 2.45) is 0 Å². The first-order valence-corrected chi connectivity index (χ1v) is 3.28. The molecule has 50 valence electrons. The van der Waals surface area contributed by atoms with Gasteiger partial charge in [0.15, 0.2) is 0 Å². The average molecular weight is 124 g/mol. The summed E-state index contributed by atoms with van der Waals surface area (Å²) in [7, 11) is 0. The summed E-state index contributed by atoms with van der Waals surface area (Å²) in [4.78, 5) is 0. The largest absolute Gasteiger partial charge is 0.372 e. The monoisotopic (exact) mass is 124 g/mol. The van der Waals surface area contributed by atoms with Gasteiger partial charge in [-0.05, 0) is 17.6 Å². The predicted molar refractivity (Wildman–Crippen MR) is 38.3 cm³/mol. The lowest BCUT2D eigenvalue weighted by atomic mass is 10.1. The van der Waals surface area contributed by atoms with Crippen LogP contribution in [0.1, 0.15) is 13.3 Å². The standard InChI is InChI=1S/C8H12O/c1-3-8-4-7(2)5-9-6-8/h4H,2-3,5-6H2,1H3. The van der Waals surface area contributed by atoms with Crippen LogP contribution in [0, 0.1) is 0 Å². The highest BCUT2D eigenvalue weighted by molar-refractivity contribution is 5.23. The van der Waals surface area contributed by atoms with Gasteiger partial charge in [0.2, 0.25) is 0 Å². The lowest BCUT2D eigenvalue weighted by molar-refractivity contribution is 0.173. The van der Waals surface area contributed by atoms with Crippen LogP contribution in [0.5, 0.6) is 0 Å². The van der Waals surface area contributed by atoms with Gasteiger partial charge in [0, 0.05) is 0 Å². The highest BCUT2D eigenvalue weighted by atomic mass is 16.5. The van der Waals surface area contributed by atoms with E-state index in [4.69, 9.17) is 4.74 Å². The van der Waals surface area contributed by atoms with Crippen molar-refractivity contribution in [3.05, 3.63) is 23.8 Å². The Morgan fingerprint density at radius 2 is 2.44 bits per heavy atom. The van der Waals surface area contributed by atoms with Crippen LogP contribution in [-0.4, -0.2) is 13.2 Å². The molecule has 0 fully saturated rings. The molecular weight excluding hydrogens is 112 g/mol. The molecule has 9 heavy (non-hydrogen) atoms. The Hall–Kier alpha value is -0.560. The summed E-state index contributed by atoms with van der Waals surface area (Å²) in [6, 6.07) is 0. The molecule has 0 bridgehead atoms. The predicted octanol–water partition coefficient (Wildman–Crippen LogP) is 1.91. The van der Waals surface area contributed by atoms with Crippen molar-refractivity contribution in [2.75, 3.05) is 13.2 Å². The summed E-state index contributed by atoms with van der Waals surface area (Å²) in [5.74, 6) is 0. The third-order valence-corrected chi connectivity index (χ3v) is 1.44. The number of hydrogen-bond acceptors (Lipinski definition) is 1. The Morgan fingerprint density at radius 1 is 1.67 bits per heavy atom. The number of ether oxygens (including phenoxy) is 1. The van der Waals surface area contributed by atoms with Gasteiger partial charge in [-0.15, -0.1) is 0 Å². The first-order valence-electron chi connectivity index (χ1n) is 3.28. The topological polar surface area (TPSA) is 9.23 Å². The van der Waals surface area contributed by atoms with Crippen LogP contribution in [0.15, 0.2) is 23.8 Å². The smallest absolute Gasteiger partial charge is 0.0715 e. The molecular formula is C8H12O. The first kappa shape index (κ1) is 6.56. The SMILES string of the molecule is C=C1C=C(CC)COC1. The molecule has 0 radical (unpaired) electrons. The first-order chi connectivity index (χ1) is 4.33. The van der Waals surface area contributed by atoms with Crippen molar-refractivity contribution >= 4 is 0 Å². The van der Waals surface area contributed by atoms with E-state index in [1.54, 1.807) is 0 Å². The van der Waals surface area contributed by atoms with E-state index in [1.807, 2.05) is 0 Å². The van der Waals surface area contributed by atoms with Crippen LogP contribution in [0.25, 0.3) is 0 Å². The summed E-state index contributed by atoms with van der Waals surface area (Å²) < 4.78 is 5.22. The Bertz CT molecular complexity index is 145. The van der Waals surface area contributed by atoms with Crippen LogP contribution in [0.4, 0.5) is 0 Å². The molecule has 1 nitrogen and oxygen atoms in total. The van der Waals surface area contributed by atoms with E-state index in [1.165, 1.54) is 5.57 Å². The number of rotatable bonds is 1. The van der Waals surface area contributed by atoms with Gasteiger partial charge in [-0.25, -0.2) is 0 Å². The minimum Gasteiger partial charge on any atom is -0.372 e. The normalized spacial score (nSPS) is 19.7. The molecule has 0 spiro atoms. The van der Waals surface area contributed by atoms with Crippen LogP contribution in [-0.2, 0) is 4.74 Å². The van der Waals surface area contributed by atoms with Gasteiger partial charge in [0.1, 0.15) is 0 Å². The zero-order valence-corrected chi connectivity index (χ0v) is 5.81. The summed E-state index contributed by atoms with van der Waals surface area (Å²) in [5, 5.41) is 0. The summed E-state index contributed by atoms with van der Waals surface area (Å²) >= 11 is 0. The molecule has 0 amide bonds. The van der Waals surface area contributed by atoms with Gasteiger partial charge in [0.25, 0.3) is 0 Å². The van der Waals surface area contributed by atoms with E-state index >= 15 is 0 Å². The molecule has 1 heteroatoms. The maximum Gasteiger partial charge on any atom is 0.0715 e. The molecule has 0 atom stereocenters. The summed E-state index contributed by atoms with van der Waals surface area (Å²) in [5.41, 5.74) is 2.45. The van der Waals surface area contributed by atoms with Crippen molar-refractivity contribution < 1.29 is 4.74 Å². The van der Waals surface area contributed by atoms with E-state index in [0.717, 1.165) is 18.6 Å². The van der Waals surface area contributed by atoms with Crippen LogP contribution < -0.4 is 0 Å². The van der Waals surface area contributed by atoms with E-state index in [2.05, 4.69) is 19.6 Å². The van der Waals surface area contributed by atoms with Crippen molar-refractivity contribution in [1.29, 1.82) is 0 Å². The second-order valence-electron chi connectivity index (χ2n) is 2.31. The molecule has 0 aromatic carbocycles. The lowest BCUT2D eigenvalue weighted by Gasteiger charge is -2.13. The molecule has 1 aliphatic rings. The molecule has 0 saturated heterocycles. The second-order valence-corrected chi connectivity index (χ2v) is 2.31. The van der Waals surface area contributed by atoms with Crippen molar-refractivity contribution in [2.45, 2.75) is 13.3 Å². The molecule has 0 aromatic rings. The Balaban J connectivity index is 2.59. The summed E-state index contributed by atoms with van der Waals surface area (Å²) in [6.45, 7) is 7.46. The third kappa shape index (κ3) is 1.68. The molecule has 0 aromatic heterocycles. The molecule has 1 aliphatic heterocycles. The Kier molecular flexibility index (Phi) is 2.06. The number of hydrogen-bond donors (Lipinski definition) is 0. The molecule has 0 N–H and O–H groups in total. The van der Waals surface area contributed by atoms with Gasteiger partial charge >= 0.3 is 0 Å². The van der Waals surface area contributed by atoms with E-state index in [-0.39, 0.29) is 0 Å². The highest BCUT2D eigenvalue weighted by Gasteiger charge is 2.02. The van der Waals surface area contributed by atoms with E-state index < -0.39 is 0 Å². The maximum atomic E-state index is 5.22. The Labute approximate surface area is 56.0 Å². The van der Waals surface area contributed by atoms with Crippen molar-refractivity contribution in [3.63, 3.8) is 0 Å². The molecule has 1 rings (SSSR count). The minimum atomic E-state index is 0.712. The molecule has 0 aliphatic carbocycles. The fourth-order valence-electron chi connectivity index (χ4n) is 0.889. The second kappa shape index (κ2) is 2.83. The van der Waals surface area contributed by atoms with E-state index in [0.29, 0.717) is 6.61 Å². The fraction of sp³-hybridized carbons (Fsp3) is 0.500. The Morgan fingerprint density at radius 3 is 2.89 bits per heavy atom. The van der Waals surface area contributed by atoms with Crippen LogP contribution in [0.2, 0.25) is 0 Å². The minimum absolute atomic E-state index is 0.712. The van der Waals surface area contributed by atoms with Gasteiger partial charge in [0.05, 0.1) is 13.2 Å². The highest BCUT2D eigenvalue weighted by Crippen LogP contribution is 2.11. The quantitative estimate of drug-likeness (QED) is 0.519. The van der Waals surface area contributed by atoms with Crippen molar-refractivity contribution in [1.82, 2.24) is 0 Å².